The first-order valence-electron chi connectivity index (χ1n) is 1.43. The highest BCUT2D eigenvalue weighted by molar-refractivity contribution is 8.28. The molecule has 0 saturated carbocycles. The Balaban J connectivity index is -0.00000000317. The number of hydrogen-bond donors (Lipinski definition) is 1. The summed E-state index contributed by atoms with van der Waals surface area (Å²) in [6, 6.07) is 0. The van der Waals surface area contributed by atoms with Crippen molar-refractivity contribution >= 4 is 73.8 Å². The summed E-state index contributed by atoms with van der Waals surface area (Å²) in [5.41, 5.74) is 0. The topological polar surface area (TPSA) is 0 Å². The molecule has 0 aromatic rings. The molecule has 0 heterocycles. The molecule has 0 aromatic heterocycles. The van der Waals surface area contributed by atoms with Gasteiger partial charge in [-0.15, -0.1) is 9.45 Å². The third kappa shape index (κ3) is 371. The van der Waals surface area contributed by atoms with Crippen LogP contribution in [-0.4, -0.2) is 18.8 Å². The van der Waals surface area contributed by atoms with Crippen molar-refractivity contribution in [2.24, 2.45) is 0 Å². The predicted octanol–water partition coefficient (Wildman–Crippen LogP) is 3.12. The predicted molar refractivity (Wildman–Crippen MR) is 92.8 cm³/mol. The van der Waals surface area contributed by atoms with Gasteiger partial charge in [0.25, 0.3) is 0 Å². The summed E-state index contributed by atoms with van der Waals surface area (Å²) in [7, 11) is 0.222. The van der Waals surface area contributed by atoms with Crippen molar-refractivity contribution < 1.29 is 0 Å². The van der Waals surface area contributed by atoms with Crippen molar-refractivity contribution in [3.8, 4) is 0 Å². The Morgan fingerprint density at radius 2 is 0.833 bits per heavy atom. The van der Waals surface area contributed by atoms with Gasteiger partial charge in [0.2, 0.25) is 0 Å². The largest absolute Gasteiger partial charge is 0.197 e. The Morgan fingerprint density at radius 3 is 0.833 bits per heavy atom. The molecule has 0 spiro atoms. The Bertz CT molecular complexity index is 35.0. The van der Waals surface area contributed by atoms with Gasteiger partial charge >= 0.3 is 0 Å². The van der Waals surface area contributed by atoms with Crippen LogP contribution in [0.4, 0.5) is 0 Å². The number of thiol groups is 1. The van der Waals surface area contributed by atoms with E-state index in [4.69, 9.17) is 0 Å². The lowest BCUT2D eigenvalue weighted by atomic mass is 11.9. The fourth-order valence-corrected chi connectivity index (χ4v) is 0. The molecule has 12 heavy (non-hydrogen) atoms. The highest BCUT2D eigenvalue weighted by atomic mass is 32.8. The van der Waals surface area contributed by atoms with Crippen LogP contribution in [0.5, 0.6) is 0 Å². The molecule has 0 bridgehead atoms. The summed E-state index contributed by atoms with van der Waals surface area (Å²) in [4.78, 5) is 0. The molecule has 0 aliphatic carbocycles. The molecule has 0 saturated heterocycles. The van der Waals surface area contributed by atoms with E-state index in [1.165, 1.54) is 0 Å². The van der Waals surface area contributed by atoms with Crippen LogP contribution < -0.4 is 0 Å². The quantitative estimate of drug-likeness (QED) is 0.669. The monoisotopic (exact) mass is 292 g/mol. The van der Waals surface area contributed by atoms with Gasteiger partial charge in [-0.05, 0) is 18.8 Å². The summed E-state index contributed by atoms with van der Waals surface area (Å²) in [6.07, 6.45) is 5.71. The van der Waals surface area contributed by atoms with E-state index in [0.717, 1.165) is 0 Å². The molecule has 0 fully saturated rings. The third-order valence-electron chi connectivity index (χ3n) is 0. The molecule has 0 N–H and O–H groups in total. The Labute approximate surface area is 114 Å². The summed E-state index contributed by atoms with van der Waals surface area (Å²) in [5.74, 6) is 0. The molecule has 0 rings (SSSR count). The first-order chi connectivity index (χ1) is 2.73. The molecule has 0 radical (unpaired) electrons. The summed E-state index contributed by atoms with van der Waals surface area (Å²) < 4.78 is 0. The van der Waals surface area contributed by atoms with E-state index in [0.29, 0.717) is 0 Å². The van der Waals surface area contributed by atoms with E-state index in [9.17, 15) is 0 Å². The van der Waals surface area contributed by atoms with Gasteiger partial charge in [0.15, 0.2) is 0 Å². The van der Waals surface area contributed by atoms with E-state index < -0.39 is 0 Å². The van der Waals surface area contributed by atoms with Crippen LogP contribution in [0, 0.1) is 0 Å². The standard InChI is InChI=1S/C2H6S2.CH4S.3CH4.3H2S/c1-4(2)3;1-2;;;;;;/h1-2H3;2H,1H3;3*1H4;3*1H2. The van der Waals surface area contributed by atoms with Crippen molar-refractivity contribution in [2.45, 2.75) is 22.3 Å². The van der Waals surface area contributed by atoms with Gasteiger partial charge in [-0.25, -0.2) is 0 Å². The molecular weight excluding hydrogens is 264 g/mol. The van der Waals surface area contributed by atoms with Crippen LogP contribution in [0.1, 0.15) is 22.3 Å². The molecule has 0 aliphatic rings. The molecule has 0 nitrogen and oxygen atoms in total. The zero-order chi connectivity index (χ0) is 5.58. The first kappa shape index (κ1) is 65.9. The van der Waals surface area contributed by atoms with Crippen LogP contribution in [0.25, 0.3) is 0 Å². The molecule has 0 aromatic carbocycles. The minimum Gasteiger partial charge on any atom is -0.197 e. The number of rotatable bonds is 0. The average molecular weight is 293 g/mol. The van der Waals surface area contributed by atoms with Crippen molar-refractivity contribution in [3.05, 3.63) is 0 Å². The zero-order valence-corrected chi connectivity index (χ0v) is 11.3. The molecule has 0 aliphatic heterocycles. The summed E-state index contributed by atoms with van der Waals surface area (Å²) in [5, 5.41) is 0. The van der Waals surface area contributed by atoms with Gasteiger partial charge in [0.05, 0.1) is 0 Å². The van der Waals surface area contributed by atoms with E-state index >= 15 is 0 Å². The molecule has 0 amide bonds. The van der Waals surface area contributed by atoms with Crippen LogP contribution in [0.3, 0.4) is 0 Å². The first-order valence-corrected chi connectivity index (χ1v) is 5.29. The zero-order valence-electron chi connectivity index (χ0n) is 5.76. The molecule has 0 atom stereocenters. The second-order valence-corrected chi connectivity index (χ2v) is 4.22. The Morgan fingerprint density at radius 1 is 0.833 bits per heavy atom. The number of hydrogen-bond acceptors (Lipinski definition) is 2. The lowest BCUT2D eigenvalue weighted by Gasteiger charge is -1.66. The molecule has 6 heteroatoms. The minimum atomic E-state index is 0. The lowest BCUT2D eigenvalue weighted by Crippen LogP contribution is -1.67. The van der Waals surface area contributed by atoms with E-state index in [1.807, 2.05) is 12.5 Å². The minimum absolute atomic E-state index is 0. The molecular formula is C6H28S6. The fourth-order valence-electron chi connectivity index (χ4n) is 0. The van der Waals surface area contributed by atoms with Crippen molar-refractivity contribution in [3.63, 3.8) is 0 Å². The maximum atomic E-state index is 4.65. The lowest BCUT2D eigenvalue weighted by molar-refractivity contribution is 2.35. The van der Waals surface area contributed by atoms with Crippen molar-refractivity contribution in [1.29, 1.82) is 0 Å². The van der Waals surface area contributed by atoms with Crippen LogP contribution >= 0.6 is 53.1 Å². The van der Waals surface area contributed by atoms with Crippen LogP contribution in [-0.2, 0) is 20.6 Å². The highest BCUT2D eigenvalue weighted by Crippen LogP contribution is 1.50. The molecule has 0 unspecified atom stereocenters. The third-order valence-corrected chi connectivity index (χ3v) is 0. The van der Waals surface area contributed by atoms with Crippen molar-refractivity contribution in [1.82, 2.24) is 0 Å². The average Bonchev–Trinajstić information content (AvgIpc) is 1.41. The van der Waals surface area contributed by atoms with Gasteiger partial charge in [0.1, 0.15) is 0 Å². The Kier molecular flexibility index (Phi) is 413. The van der Waals surface area contributed by atoms with E-state index in [1.54, 1.807) is 6.26 Å². The second kappa shape index (κ2) is 75.2. The van der Waals surface area contributed by atoms with Crippen LogP contribution in [0.2, 0.25) is 0 Å². The summed E-state index contributed by atoms with van der Waals surface area (Å²) in [6.45, 7) is 0. The van der Waals surface area contributed by atoms with Gasteiger partial charge in [-0.3, -0.25) is 0 Å². The smallest absolute Gasteiger partial charge is 0.0140 e. The van der Waals surface area contributed by atoms with Gasteiger partial charge in [-0.2, -0.15) is 53.1 Å². The van der Waals surface area contributed by atoms with Crippen LogP contribution in [0.15, 0.2) is 0 Å². The van der Waals surface area contributed by atoms with Gasteiger partial charge < -0.3 is 0 Å². The van der Waals surface area contributed by atoms with E-state index in [-0.39, 0.29) is 72.2 Å². The molecule has 88 valence electrons. The summed E-state index contributed by atoms with van der Waals surface area (Å²) >= 11 is 8.18. The maximum Gasteiger partial charge on any atom is -0.0140 e. The maximum absolute atomic E-state index is 4.65. The van der Waals surface area contributed by atoms with Crippen molar-refractivity contribution in [2.75, 3.05) is 18.8 Å². The van der Waals surface area contributed by atoms with E-state index in [2.05, 4.69) is 23.8 Å². The SMILES string of the molecule is C.C.C.CS.CS(C)=S.S.S.S. The van der Waals surface area contributed by atoms with Gasteiger partial charge in [0, 0.05) is 0 Å². The van der Waals surface area contributed by atoms with Gasteiger partial charge in [-0.1, -0.05) is 33.5 Å². The fraction of sp³-hybridized carbons (Fsp3) is 1.00. The second-order valence-electron chi connectivity index (χ2n) is 0.742. The highest BCUT2D eigenvalue weighted by Gasteiger charge is 1.51. The Hall–Kier alpha value is 1.97. The normalized spacial score (nSPS) is 3.42.